The molecule has 31 heavy (non-hydrogen) atoms. The monoisotopic (exact) mass is 442 g/mol. The third-order valence-electron chi connectivity index (χ3n) is 5.64. The first-order chi connectivity index (χ1) is 14.8. The van der Waals surface area contributed by atoms with Gasteiger partial charge in [0.1, 0.15) is 6.54 Å². The summed E-state index contributed by atoms with van der Waals surface area (Å²) in [6.45, 7) is 3.85. The molecule has 2 heterocycles. The number of rotatable bonds is 4. The van der Waals surface area contributed by atoms with E-state index in [4.69, 9.17) is 0 Å². The van der Waals surface area contributed by atoms with Gasteiger partial charge in [0.2, 0.25) is 21.8 Å². The third kappa shape index (κ3) is 4.63. The molecule has 8 nitrogen and oxygen atoms in total. The summed E-state index contributed by atoms with van der Waals surface area (Å²) in [6, 6.07) is 14.1. The van der Waals surface area contributed by atoms with Crippen molar-refractivity contribution in [2.45, 2.75) is 18.2 Å². The molecule has 9 heteroatoms. The van der Waals surface area contributed by atoms with Crippen molar-refractivity contribution in [1.82, 2.24) is 9.21 Å². The van der Waals surface area contributed by atoms with Crippen LogP contribution in [0, 0.1) is 6.92 Å². The topological polar surface area (TPSA) is 90.0 Å². The standard InChI is InChI=1S/C22H26N4O4S/c1-17-7-9-18(10-8-17)31(29,30)25-12-4-11-24(13-14-25)16-22(28)26-15-21(27)23-19-5-2-3-6-20(19)26/h2-3,5-10H,4,11-16H2,1H3,(H,23,27). The van der Waals surface area contributed by atoms with E-state index >= 15 is 0 Å². The van der Waals surface area contributed by atoms with Crippen molar-refractivity contribution < 1.29 is 18.0 Å². The Morgan fingerprint density at radius 3 is 2.52 bits per heavy atom. The largest absolute Gasteiger partial charge is 0.323 e. The predicted octanol–water partition coefficient (Wildman–Crippen LogP) is 1.68. The summed E-state index contributed by atoms with van der Waals surface area (Å²) in [5, 5.41) is 2.78. The number of fused-ring (bicyclic) bond motifs is 1. The lowest BCUT2D eigenvalue weighted by Gasteiger charge is -2.31. The SMILES string of the molecule is Cc1ccc(S(=O)(=O)N2CCCN(CC(=O)N3CC(=O)Nc4ccccc43)CC2)cc1. The summed E-state index contributed by atoms with van der Waals surface area (Å²) >= 11 is 0. The van der Waals surface area contributed by atoms with Crippen molar-refractivity contribution in [3.8, 4) is 0 Å². The zero-order chi connectivity index (χ0) is 22.0. The van der Waals surface area contributed by atoms with Gasteiger partial charge in [-0.2, -0.15) is 4.31 Å². The van der Waals surface area contributed by atoms with Gasteiger partial charge < -0.3 is 5.32 Å². The molecule has 2 amide bonds. The van der Waals surface area contributed by atoms with Crippen LogP contribution in [-0.2, 0) is 19.6 Å². The molecule has 1 saturated heterocycles. The van der Waals surface area contributed by atoms with E-state index in [2.05, 4.69) is 5.32 Å². The Bertz CT molecular complexity index is 1080. The van der Waals surface area contributed by atoms with Crippen LogP contribution in [0.1, 0.15) is 12.0 Å². The normalized spacial score (nSPS) is 18.2. The second-order valence-electron chi connectivity index (χ2n) is 7.89. The van der Waals surface area contributed by atoms with Gasteiger partial charge in [-0.15, -0.1) is 0 Å². The van der Waals surface area contributed by atoms with Gasteiger partial charge >= 0.3 is 0 Å². The first kappa shape index (κ1) is 21.5. The van der Waals surface area contributed by atoms with E-state index in [1.54, 1.807) is 30.3 Å². The van der Waals surface area contributed by atoms with Crippen molar-refractivity contribution >= 4 is 33.2 Å². The number of carbonyl (C=O) groups excluding carboxylic acids is 2. The highest BCUT2D eigenvalue weighted by Gasteiger charge is 2.30. The zero-order valence-electron chi connectivity index (χ0n) is 17.5. The maximum absolute atomic E-state index is 13.0. The van der Waals surface area contributed by atoms with E-state index in [9.17, 15) is 18.0 Å². The van der Waals surface area contributed by atoms with Gasteiger partial charge in [-0.05, 0) is 44.2 Å². The predicted molar refractivity (Wildman–Crippen MR) is 118 cm³/mol. The van der Waals surface area contributed by atoms with Gasteiger partial charge in [-0.25, -0.2) is 8.42 Å². The molecule has 164 valence electrons. The Kier molecular flexibility index (Phi) is 6.08. The zero-order valence-corrected chi connectivity index (χ0v) is 18.3. The molecule has 4 rings (SSSR count). The van der Waals surface area contributed by atoms with Crippen molar-refractivity contribution in [3.63, 3.8) is 0 Å². The van der Waals surface area contributed by atoms with E-state index in [0.29, 0.717) is 48.9 Å². The number of anilines is 2. The van der Waals surface area contributed by atoms with Crippen molar-refractivity contribution in [1.29, 1.82) is 0 Å². The Morgan fingerprint density at radius 2 is 1.74 bits per heavy atom. The van der Waals surface area contributed by atoms with Crippen molar-refractivity contribution in [3.05, 3.63) is 54.1 Å². The Hall–Kier alpha value is -2.75. The lowest BCUT2D eigenvalue weighted by molar-refractivity contribution is -0.122. The summed E-state index contributed by atoms with van der Waals surface area (Å²) in [5.74, 6) is -0.393. The fourth-order valence-corrected chi connectivity index (χ4v) is 5.41. The highest BCUT2D eigenvalue weighted by molar-refractivity contribution is 7.89. The van der Waals surface area contributed by atoms with Crippen LogP contribution in [0.15, 0.2) is 53.4 Å². The summed E-state index contributed by atoms with van der Waals surface area (Å²) in [7, 11) is -3.56. The summed E-state index contributed by atoms with van der Waals surface area (Å²) in [6.07, 6.45) is 0.634. The molecular formula is C22H26N4O4S. The highest BCUT2D eigenvalue weighted by atomic mass is 32.2. The first-order valence-electron chi connectivity index (χ1n) is 10.3. The molecule has 1 fully saturated rings. The van der Waals surface area contributed by atoms with E-state index < -0.39 is 10.0 Å². The maximum Gasteiger partial charge on any atom is 0.244 e. The molecule has 0 spiro atoms. The number of amides is 2. The minimum atomic E-state index is -3.56. The smallest absolute Gasteiger partial charge is 0.244 e. The molecule has 0 atom stereocenters. The van der Waals surface area contributed by atoms with Crippen LogP contribution in [0.2, 0.25) is 0 Å². The molecule has 2 aromatic carbocycles. The van der Waals surface area contributed by atoms with Gasteiger partial charge in [-0.1, -0.05) is 29.8 Å². The lowest BCUT2D eigenvalue weighted by atomic mass is 10.2. The third-order valence-corrected chi connectivity index (χ3v) is 7.55. The van der Waals surface area contributed by atoms with E-state index in [1.165, 1.54) is 9.21 Å². The molecule has 0 saturated carbocycles. The number of para-hydroxylation sites is 2. The fourth-order valence-electron chi connectivity index (χ4n) is 3.94. The number of nitrogens with zero attached hydrogens (tertiary/aromatic N) is 3. The molecule has 0 radical (unpaired) electrons. The minimum Gasteiger partial charge on any atom is -0.323 e. The molecule has 2 aliphatic rings. The van der Waals surface area contributed by atoms with Crippen LogP contribution < -0.4 is 10.2 Å². The Balaban J connectivity index is 1.42. The molecule has 0 aliphatic carbocycles. The number of aryl methyl sites for hydroxylation is 1. The number of sulfonamides is 1. The first-order valence-corrected chi connectivity index (χ1v) is 11.8. The van der Waals surface area contributed by atoms with Crippen LogP contribution in [0.3, 0.4) is 0 Å². The fraction of sp³-hybridized carbons (Fsp3) is 0.364. The van der Waals surface area contributed by atoms with Crippen molar-refractivity contribution in [2.75, 3.05) is 49.5 Å². The average Bonchev–Trinajstić information content (AvgIpc) is 2.99. The van der Waals surface area contributed by atoms with E-state index in [-0.39, 0.29) is 24.9 Å². The van der Waals surface area contributed by atoms with Crippen LogP contribution in [0.4, 0.5) is 11.4 Å². The number of hydrogen-bond acceptors (Lipinski definition) is 5. The van der Waals surface area contributed by atoms with Gasteiger partial charge in [0.25, 0.3) is 0 Å². The average molecular weight is 443 g/mol. The number of carbonyl (C=O) groups is 2. The van der Waals surface area contributed by atoms with E-state index in [0.717, 1.165) is 5.56 Å². The summed E-state index contributed by atoms with van der Waals surface area (Å²) in [4.78, 5) is 28.7. The molecule has 2 aliphatic heterocycles. The van der Waals surface area contributed by atoms with Gasteiger partial charge in [0.05, 0.1) is 22.8 Å². The van der Waals surface area contributed by atoms with Gasteiger partial charge in [-0.3, -0.25) is 19.4 Å². The van der Waals surface area contributed by atoms with Gasteiger partial charge in [0.15, 0.2) is 0 Å². The highest BCUT2D eigenvalue weighted by Crippen LogP contribution is 2.29. The maximum atomic E-state index is 13.0. The van der Waals surface area contributed by atoms with Crippen LogP contribution in [-0.4, -0.2) is 68.7 Å². The quantitative estimate of drug-likeness (QED) is 0.778. The number of benzene rings is 2. The number of hydrogen-bond donors (Lipinski definition) is 1. The van der Waals surface area contributed by atoms with Crippen LogP contribution in [0.25, 0.3) is 0 Å². The molecule has 0 unspecified atom stereocenters. The second kappa shape index (κ2) is 8.78. The van der Waals surface area contributed by atoms with Crippen molar-refractivity contribution in [2.24, 2.45) is 0 Å². The Morgan fingerprint density at radius 1 is 1.00 bits per heavy atom. The molecule has 1 N–H and O–H groups in total. The van der Waals surface area contributed by atoms with Crippen LogP contribution in [0.5, 0.6) is 0 Å². The summed E-state index contributed by atoms with van der Waals surface area (Å²) < 4.78 is 27.5. The lowest BCUT2D eigenvalue weighted by Crippen LogP contribution is -2.47. The molecular weight excluding hydrogens is 416 g/mol. The molecule has 2 aromatic rings. The second-order valence-corrected chi connectivity index (χ2v) is 9.83. The minimum absolute atomic E-state index is 0.0163. The number of nitrogens with one attached hydrogen (secondary N) is 1. The van der Waals surface area contributed by atoms with E-state index in [1.807, 2.05) is 30.0 Å². The van der Waals surface area contributed by atoms with Crippen LogP contribution >= 0.6 is 0 Å². The summed E-state index contributed by atoms with van der Waals surface area (Å²) in [5.41, 5.74) is 2.32. The molecule has 0 bridgehead atoms. The molecule has 0 aromatic heterocycles. The van der Waals surface area contributed by atoms with Gasteiger partial charge in [0, 0.05) is 19.6 Å². The Labute approximate surface area is 182 Å².